The number of benzene rings is 2. The number of rotatable bonds is 0. The molecule has 1 atom stereocenters. The standard InChI is InChI=1S/C21H25.C10H15.CH2.2ClH.Zr/c1-20(2,3)16-9-7-14-11-15-8-10-17(21(4,5)6)13-19(15)18(14)12-16;1-8-5-6-9(7-8)10(2,3)4;;;;/h7-13H,1-6H3;6-8H,1-4H3;1H2;2*1H;/q2*-1;;;;+2/p-2. The summed E-state index contributed by atoms with van der Waals surface area (Å²) in [6, 6.07) is 16.1. The van der Waals surface area contributed by atoms with Crippen molar-refractivity contribution in [3.05, 3.63) is 77.4 Å². The first-order valence-electron chi connectivity index (χ1n) is 12.0. The van der Waals surface area contributed by atoms with Crippen LogP contribution in [0.5, 0.6) is 0 Å². The van der Waals surface area contributed by atoms with Crippen LogP contribution in [0.15, 0.2) is 60.2 Å². The molecule has 0 N–H and O–H groups in total. The molecule has 3 heteroatoms. The second-order valence-corrected chi connectivity index (χ2v) is 12.2. The Morgan fingerprint density at radius 3 is 1.37 bits per heavy atom. The predicted octanol–water partition coefficient (Wildman–Crippen LogP) is 3.25. The van der Waals surface area contributed by atoms with Gasteiger partial charge in [0.15, 0.2) is 0 Å². The van der Waals surface area contributed by atoms with Crippen LogP contribution >= 0.6 is 0 Å². The molecule has 0 saturated heterocycles. The maximum atomic E-state index is 3.34. The first kappa shape index (κ1) is 34.1. The fourth-order valence-corrected chi connectivity index (χ4v) is 3.98. The van der Waals surface area contributed by atoms with Gasteiger partial charge in [0.05, 0.1) is 0 Å². The summed E-state index contributed by atoms with van der Waals surface area (Å²) in [6.07, 6.45) is 7.65. The van der Waals surface area contributed by atoms with Crippen molar-refractivity contribution in [1.29, 1.82) is 0 Å². The average Bonchev–Trinajstić information content (AvgIpc) is 3.31. The van der Waals surface area contributed by atoms with E-state index in [1.165, 1.54) is 62.5 Å². The molecule has 190 valence electrons. The minimum absolute atomic E-state index is 0. The fourth-order valence-electron chi connectivity index (χ4n) is 3.98. The molecule has 35 heavy (non-hydrogen) atoms. The zero-order valence-corrected chi connectivity index (χ0v) is 27.2. The van der Waals surface area contributed by atoms with Crippen LogP contribution in [0.4, 0.5) is 0 Å². The first-order valence-corrected chi connectivity index (χ1v) is 13.7. The van der Waals surface area contributed by atoms with Crippen LogP contribution in [-0.4, -0.2) is 4.21 Å². The number of allylic oxidation sites excluding steroid dienone is 4. The minimum atomic E-state index is 0. The van der Waals surface area contributed by atoms with E-state index in [2.05, 4.69) is 134 Å². The maximum absolute atomic E-state index is 3.34. The van der Waals surface area contributed by atoms with Crippen LogP contribution in [0.1, 0.15) is 80.4 Å². The summed E-state index contributed by atoms with van der Waals surface area (Å²) < 4.78 is 3.34. The molecule has 0 aliphatic heterocycles. The summed E-state index contributed by atoms with van der Waals surface area (Å²) in [7, 11) is 0. The third kappa shape index (κ3) is 8.88. The van der Waals surface area contributed by atoms with Crippen LogP contribution in [0.25, 0.3) is 21.5 Å². The van der Waals surface area contributed by atoms with Crippen molar-refractivity contribution in [2.45, 2.75) is 80.1 Å². The van der Waals surface area contributed by atoms with Gasteiger partial charge in [0.1, 0.15) is 0 Å². The van der Waals surface area contributed by atoms with Gasteiger partial charge in [0.2, 0.25) is 0 Å². The Balaban J connectivity index is 0.000000705. The van der Waals surface area contributed by atoms with Gasteiger partial charge in [-0.3, -0.25) is 6.08 Å². The minimum Gasteiger partial charge on any atom is -1.00 e. The molecule has 1 aliphatic rings. The normalized spacial score (nSPS) is 15.3. The van der Waals surface area contributed by atoms with Crippen molar-refractivity contribution >= 4 is 25.8 Å². The largest absolute Gasteiger partial charge is 1.00 e. The Morgan fingerprint density at radius 2 is 1.11 bits per heavy atom. The van der Waals surface area contributed by atoms with Gasteiger partial charge in [-0.25, -0.2) is 6.08 Å². The molecule has 0 saturated carbocycles. The van der Waals surface area contributed by atoms with Crippen molar-refractivity contribution < 1.29 is 49.0 Å². The molecular formula is C32H42Cl2Zr-2. The average molecular weight is 589 g/mol. The van der Waals surface area contributed by atoms with Crippen molar-refractivity contribution in [3.8, 4) is 0 Å². The number of hydrogen-bond donors (Lipinski definition) is 0. The Bertz CT molecular complexity index is 1090. The SMILES string of the molecule is CC(C)(C)c1ccc2[cH-]c3ccc(C(C)(C)C)cc3c2c1.CC1[C-]=CC(C(C)(C)C)=C1.[CH2]=[Zr+2].[Cl-].[Cl-]. The maximum Gasteiger partial charge on any atom is -1.00 e. The molecule has 0 amide bonds. The molecule has 4 rings (SSSR count). The summed E-state index contributed by atoms with van der Waals surface area (Å²) in [5, 5.41) is 5.49. The molecule has 3 aromatic carbocycles. The Kier molecular flexibility index (Phi) is 12.8. The molecule has 3 aromatic rings. The molecule has 0 aromatic heterocycles. The van der Waals surface area contributed by atoms with Gasteiger partial charge in [-0.05, 0) is 10.8 Å². The molecule has 1 aliphatic carbocycles. The van der Waals surface area contributed by atoms with E-state index in [0.717, 1.165) is 0 Å². The third-order valence-electron chi connectivity index (χ3n) is 6.24. The van der Waals surface area contributed by atoms with E-state index < -0.39 is 0 Å². The van der Waals surface area contributed by atoms with Gasteiger partial charge in [0, 0.05) is 0 Å². The van der Waals surface area contributed by atoms with E-state index in [1.54, 1.807) is 0 Å². The van der Waals surface area contributed by atoms with Gasteiger partial charge in [-0.2, -0.15) is 11.6 Å². The molecule has 0 fully saturated rings. The number of fused-ring (bicyclic) bond motifs is 3. The zero-order chi connectivity index (χ0) is 25.2. The van der Waals surface area contributed by atoms with Crippen LogP contribution < -0.4 is 24.8 Å². The van der Waals surface area contributed by atoms with Crippen LogP contribution in [0.2, 0.25) is 0 Å². The molecular weight excluding hydrogens is 546 g/mol. The van der Waals surface area contributed by atoms with E-state index in [9.17, 15) is 0 Å². The van der Waals surface area contributed by atoms with E-state index >= 15 is 0 Å². The summed E-state index contributed by atoms with van der Waals surface area (Å²) in [6.45, 7) is 22.5. The molecule has 0 spiro atoms. The number of hydrogen-bond acceptors (Lipinski definition) is 0. The smallest absolute Gasteiger partial charge is 1.00 e. The number of halogens is 2. The Morgan fingerprint density at radius 1 is 0.714 bits per heavy atom. The van der Waals surface area contributed by atoms with Crippen LogP contribution in [-0.2, 0) is 35.1 Å². The second-order valence-electron chi connectivity index (χ2n) is 12.2. The Labute approximate surface area is 242 Å². The molecule has 0 heterocycles. The Hall–Kier alpha value is -0.877. The van der Waals surface area contributed by atoms with Crippen molar-refractivity contribution in [1.82, 2.24) is 0 Å². The predicted molar refractivity (Wildman–Crippen MR) is 146 cm³/mol. The van der Waals surface area contributed by atoms with Gasteiger partial charge < -0.3 is 24.8 Å². The topological polar surface area (TPSA) is 0 Å². The quantitative estimate of drug-likeness (QED) is 0.354. The summed E-state index contributed by atoms with van der Waals surface area (Å²) >= 11 is 1.30. The molecule has 0 radical (unpaired) electrons. The van der Waals surface area contributed by atoms with E-state index in [4.69, 9.17) is 0 Å². The summed E-state index contributed by atoms with van der Waals surface area (Å²) in [5.74, 6) is 0.522. The first-order chi connectivity index (χ1) is 15.2. The van der Waals surface area contributed by atoms with E-state index in [0.29, 0.717) is 11.3 Å². The fraction of sp³-hybridized carbons (Fsp3) is 0.438. The zero-order valence-electron chi connectivity index (χ0n) is 23.2. The monoisotopic (exact) mass is 586 g/mol. The van der Waals surface area contributed by atoms with Crippen molar-refractivity contribution in [2.75, 3.05) is 0 Å². The van der Waals surface area contributed by atoms with Gasteiger partial charge in [-0.15, -0.1) is 39.7 Å². The molecule has 0 bridgehead atoms. The van der Waals surface area contributed by atoms with E-state index in [1.807, 2.05) is 0 Å². The van der Waals surface area contributed by atoms with Crippen molar-refractivity contribution in [2.24, 2.45) is 11.3 Å². The molecule has 1 unspecified atom stereocenters. The summed E-state index contributed by atoms with van der Waals surface area (Å²) in [4.78, 5) is 0. The summed E-state index contributed by atoms with van der Waals surface area (Å²) in [5.41, 5.74) is 4.92. The third-order valence-corrected chi connectivity index (χ3v) is 6.24. The van der Waals surface area contributed by atoms with Gasteiger partial charge in [-0.1, -0.05) is 116 Å². The van der Waals surface area contributed by atoms with Crippen LogP contribution in [0, 0.1) is 17.4 Å². The van der Waals surface area contributed by atoms with Crippen LogP contribution in [0.3, 0.4) is 0 Å². The van der Waals surface area contributed by atoms with Gasteiger partial charge >= 0.3 is 28.4 Å². The molecule has 0 nitrogen and oxygen atoms in total. The van der Waals surface area contributed by atoms with E-state index in [-0.39, 0.29) is 35.6 Å². The van der Waals surface area contributed by atoms with Gasteiger partial charge in [0.25, 0.3) is 0 Å². The van der Waals surface area contributed by atoms with Crippen molar-refractivity contribution in [3.63, 3.8) is 0 Å². The second kappa shape index (κ2) is 13.1.